The number of ether oxygens (including phenoxy) is 3. The Morgan fingerprint density at radius 1 is 1.15 bits per heavy atom. The van der Waals surface area contributed by atoms with E-state index in [2.05, 4.69) is 26.5 Å². The third kappa shape index (κ3) is 6.48. The first-order valence-corrected chi connectivity index (χ1v) is 9.96. The van der Waals surface area contributed by atoms with Crippen LogP contribution in [0.4, 0.5) is 0 Å². The molecule has 0 saturated carbocycles. The number of halogens is 1. The van der Waals surface area contributed by atoms with E-state index in [4.69, 9.17) is 14.2 Å². The van der Waals surface area contributed by atoms with Crippen molar-refractivity contribution in [1.82, 2.24) is 5.43 Å². The number of hydrogen-bond acceptors (Lipinski definition) is 6. The number of nitrogens with zero attached hydrogens (tertiary/aromatic N) is 1. The molecule has 144 valence electrons. The predicted molar refractivity (Wildman–Crippen MR) is 112 cm³/mol. The quantitative estimate of drug-likeness (QED) is 0.462. The molecule has 0 atom stereocenters. The van der Waals surface area contributed by atoms with Crippen molar-refractivity contribution in [3.63, 3.8) is 0 Å². The largest absolute Gasteiger partial charge is 0.493 e. The van der Waals surface area contributed by atoms with E-state index in [1.54, 1.807) is 33.5 Å². The summed E-state index contributed by atoms with van der Waals surface area (Å²) in [5.74, 6) is 2.45. The second-order valence-corrected chi connectivity index (χ2v) is 7.28. The highest BCUT2D eigenvalue weighted by atomic mass is 79.9. The lowest BCUT2D eigenvalue weighted by atomic mass is 10.2. The predicted octanol–water partition coefficient (Wildman–Crippen LogP) is 3.86. The lowest BCUT2D eigenvalue weighted by molar-refractivity contribution is -0.118. The number of nitrogens with one attached hydrogen (secondary N) is 1. The summed E-state index contributed by atoms with van der Waals surface area (Å²) < 4.78 is 16.9. The lowest BCUT2D eigenvalue weighted by Gasteiger charge is -2.12. The van der Waals surface area contributed by atoms with E-state index in [1.165, 1.54) is 18.0 Å². The smallest absolute Gasteiger partial charge is 0.250 e. The highest BCUT2D eigenvalue weighted by Gasteiger charge is 2.12. The molecule has 8 heteroatoms. The summed E-state index contributed by atoms with van der Waals surface area (Å²) in [6, 6.07) is 11.5. The van der Waals surface area contributed by atoms with Gasteiger partial charge in [0.25, 0.3) is 0 Å². The van der Waals surface area contributed by atoms with E-state index < -0.39 is 0 Å². The van der Waals surface area contributed by atoms with Crippen LogP contribution in [0.2, 0.25) is 0 Å². The molecule has 1 N–H and O–H groups in total. The maximum Gasteiger partial charge on any atom is 0.250 e. The Hall–Kier alpha value is -2.19. The first-order chi connectivity index (χ1) is 13.1. The standard InChI is InChI=1S/C19H21BrN2O4S/c1-24-16-8-14(9-17(25-2)19(16)26-3)10-21-22-18(23)12-27-11-13-5-4-6-15(20)7-13/h4-10H,11-12H2,1-3H3,(H,22,23)/b21-10+. The molecule has 27 heavy (non-hydrogen) atoms. The molecular formula is C19H21BrN2O4S. The molecule has 0 radical (unpaired) electrons. The van der Waals surface area contributed by atoms with Gasteiger partial charge in [-0.25, -0.2) is 5.43 Å². The van der Waals surface area contributed by atoms with Gasteiger partial charge in [0.05, 0.1) is 33.3 Å². The highest BCUT2D eigenvalue weighted by molar-refractivity contribution is 9.10. The van der Waals surface area contributed by atoms with Crippen LogP contribution < -0.4 is 19.6 Å². The van der Waals surface area contributed by atoms with Crippen LogP contribution >= 0.6 is 27.7 Å². The number of hydrogen-bond donors (Lipinski definition) is 1. The summed E-state index contributed by atoms with van der Waals surface area (Å²) in [5, 5.41) is 3.99. The van der Waals surface area contributed by atoms with Crippen LogP contribution in [0.5, 0.6) is 17.2 Å². The molecule has 0 fully saturated rings. The summed E-state index contributed by atoms with van der Waals surface area (Å²) in [5.41, 5.74) is 4.39. The third-order valence-electron chi connectivity index (χ3n) is 3.48. The van der Waals surface area contributed by atoms with E-state index in [-0.39, 0.29) is 5.91 Å². The molecule has 0 aromatic heterocycles. The Balaban J connectivity index is 1.88. The van der Waals surface area contributed by atoms with Crippen molar-refractivity contribution in [3.05, 3.63) is 52.0 Å². The van der Waals surface area contributed by atoms with Crippen molar-refractivity contribution >= 4 is 39.8 Å². The van der Waals surface area contributed by atoms with Crippen LogP contribution in [0.1, 0.15) is 11.1 Å². The number of benzene rings is 2. The van der Waals surface area contributed by atoms with Crippen LogP contribution in [0, 0.1) is 0 Å². The van der Waals surface area contributed by atoms with Gasteiger partial charge < -0.3 is 14.2 Å². The number of amides is 1. The van der Waals surface area contributed by atoms with Gasteiger partial charge in [-0.2, -0.15) is 5.10 Å². The van der Waals surface area contributed by atoms with Crippen LogP contribution in [0.3, 0.4) is 0 Å². The molecule has 0 unspecified atom stereocenters. The molecule has 0 aliphatic rings. The fourth-order valence-corrected chi connectivity index (χ4v) is 3.49. The minimum Gasteiger partial charge on any atom is -0.493 e. The van der Waals surface area contributed by atoms with E-state index >= 15 is 0 Å². The molecule has 0 bridgehead atoms. The number of thioether (sulfide) groups is 1. The molecule has 0 saturated heterocycles. The van der Waals surface area contributed by atoms with Gasteiger partial charge in [-0.15, -0.1) is 11.8 Å². The van der Waals surface area contributed by atoms with Crippen LogP contribution in [-0.4, -0.2) is 39.2 Å². The Morgan fingerprint density at radius 3 is 2.44 bits per heavy atom. The van der Waals surface area contributed by atoms with Crippen molar-refractivity contribution in [2.45, 2.75) is 5.75 Å². The molecule has 2 rings (SSSR count). The van der Waals surface area contributed by atoms with Gasteiger partial charge in [-0.05, 0) is 29.8 Å². The summed E-state index contributed by atoms with van der Waals surface area (Å²) in [7, 11) is 4.63. The monoisotopic (exact) mass is 452 g/mol. The molecule has 6 nitrogen and oxygen atoms in total. The molecule has 0 spiro atoms. The zero-order valence-corrected chi connectivity index (χ0v) is 17.7. The molecule has 0 aliphatic carbocycles. The van der Waals surface area contributed by atoms with E-state index in [1.807, 2.05) is 24.3 Å². The molecule has 0 heterocycles. The Bertz CT molecular complexity index is 789. The van der Waals surface area contributed by atoms with E-state index in [9.17, 15) is 4.79 Å². The molecule has 0 aliphatic heterocycles. The van der Waals surface area contributed by atoms with Gasteiger partial charge in [0.2, 0.25) is 11.7 Å². The number of rotatable bonds is 9. The maximum atomic E-state index is 11.9. The van der Waals surface area contributed by atoms with Crippen molar-refractivity contribution in [2.24, 2.45) is 5.10 Å². The first kappa shape index (κ1) is 21.1. The number of methoxy groups -OCH3 is 3. The van der Waals surface area contributed by atoms with Crippen LogP contribution in [-0.2, 0) is 10.5 Å². The Kier molecular flexibility index (Phi) is 8.47. The first-order valence-electron chi connectivity index (χ1n) is 8.01. The van der Waals surface area contributed by atoms with E-state index in [0.717, 1.165) is 15.8 Å². The number of carbonyl (C=O) groups is 1. The van der Waals surface area contributed by atoms with Gasteiger partial charge in [0.1, 0.15) is 0 Å². The van der Waals surface area contributed by atoms with Gasteiger partial charge in [-0.3, -0.25) is 4.79 Å². The minimum atomic E-state index is -0.168. The van der Waals surface area contributed by atoms with Gasteiger partial charge in [-0.1, -0.05) is 28.1 Å². The summed E-state index contributed by atoms with van der Waals surface area (Å²) in [6.07, 6.45) is 1.53. The second kappa shape index (κ2) is 10.8. The molecule has 1 amide bonds. The lowest BCUT2D eigenvalue weighted by Crippen LogP contribution is -2.19. The van der Waals surface area contributed by atoms with Crippen LogP contribution in [0.25, 0.3) is 0 Å². The van der Waals surface area contributed by atoms with Crippen molar-refractivity contribution in [3.8, 4) is 17.2 Å². The van der Waals surface area contributed by atoms with Gasteiger partial charge in [0.15, 0.2) is 11.5 Å². The third-order valence-corrected chi connectivity index (χ3v) is 4.98. The van der Waals surface area contributed by atoms with Crippen LogP contribution in [0.15, 0.2) is 46.0 Å². The fraction of sp³-hybridized carbons (Fsp3) is 0.263. The SMILES string of the molecule is COc1cc(/C=N/NC(=O)CSCc2cccc(Br)c2)cc(OC)c1OC. The maximum absolute atomic E-state index is 11.9. The molecule has 2 aromatic rings. The van der Waals surface area contributed by atoms with Gasteiger partial charge in [0, 0.05) is 15.8 Å². The molecular weight excluding hydrogens is 432 g/mol. The summed E-state index contributed by atoms with van der Waals surface area (Å²) in [6.45, 7) is 0. The summed E-state index contributed by atoms with van der Waals surface area (Å²) >= 11 is 4.96. The highest BCUT2D eigenvalue weighted by Crippen LogP contribution is 2.37. The topological polar surface area (TPSA) is 69.2 Å². The molecule has 2 aromatic carbocycles. The summed E-state index contributed by atoms with van der Waals surface area (Å²) in [4.78, 5) is 11.9. The second-order valence-electron chi connectivity index (χ2n) is 5.37. The van der Waals surface area contributed by atoms with Crippen molar-refractivity contribution in [1.29, 1.82) is 0 Å². The fourth-order valence-electron chi connectivity index (χ4n) is 2.28. The number of carbonyl (C=O) groups excluding carboxylic acids is 1. The zero-order chi connectivity index (χ0) is 19.6. The Labute approximate surface area is 171 Å². The number of hydrazone groups is 1. The van der Waals surface area contributed by atoms with E-state index in [0.29, 0.717) is 28.6 Å². The zero-order valence-electron chi connectivity index (χ0n) is 15.3. The van der Waals surface area contributed by atoms with Crippen molar-refractivity contribution < 1.29 is 19.0 Å². The minimum absolute atomic E-state index is 0.168. The Morgan fingerprint density at radius 2 is 1.85 bits per heavy atom. The van der Waals surface area contributed by atoms with Crippen molar-refractivity contribution in [2.75, 3.05) is 27.1 Å². The average molecular weight is 453 g/mol. The normalized spacial score (nSPS) is 10.7. The van der Waals surface area contributed by atoms with Gasteiger partial charge >= 0.3 is 0 Å². The average Bonchev–Trinajstić information content (AvgIpc) is 2.67.